The van der Waals surface area contributed by atoms with E-state index in [-0.39, 0.29) is 0 Å². The average Bonchev–Trinajstić information content (AvgIpc) is 2.82. The number of benzene rings is 1. The number of fused-ring (bicyclic) bond motifs is 1. The summed E-state index contributed by atoms with van der Waals surface area (Å²) in [5.74, 6) is 1.20. The molecular weight excluding hydrogens is 204 g/mol. The molecule has 3 rings (SSSR count). The maximum absolute atomic E-state index is 4.38. The fourth-order valence-corrected chi connectivity index (χ4v) is 3.06. The average molecular weight is 216 g/mol. The summed E-state index contributed by atoms with van der Waals surface area (Å²) in [6.45, 7) is 1.10. The lowest BCUT2D eigenvalue weighted by Gasteiger charge is -2.12. The lowest BCUT2D eigenvalue weighted by atomic mass is 10.1. The van der Waals surface area contributed by atoms with E-state index < -0.39 is 0 Å². The summed E-state index contributed by atoms with van der Waals surface area (Å²) in [6, 6.07) is 10.5. The number of aromatic nitrogens is 1. The monoisotopic (exact) mass is 216 g/mol. The third-order valence-corrected chi connectivity index (χ3v) is 3.88. The molecule has 0 unspecified atom stereocenters. The van der Waals surface area contributed by atoms with Crippen molar-refractivity contribution in [3.63, 3.8) is 0 Å². The van der Waals surface area contributed by atoms with Crippen LogP contribution in [0.4, 0.5) is 0 Å². The van der Waals surface area contributed by atoms with Gasteiger partial charge in [-0.25, -0.2) is 0 Å². The highest BCUT2D eigenvalue weighted by atomic mass is 32.2. The molecule has 1 aromatic carbocycles. The summed E-state index contributed by atoms with van der Waals surface area (Å²) >= 11 is 1.97. The van der Waals surface area contributed by atoms with Crippen molar-refractivity contribution >= 4 is 22.7 Å². The van der Waals surface area contributed by atoms with E-state index in [2.05, 4.69) is 34.6 Å². The Balaban J connectivity index is 2.16. The van der Waals surface area contributed by atoms with Crippen LogP contribution in [0.25, 0.3) is 10.9 Å². The van der Waals surface area contributed by atoms with Crippen LogP contribution in [-0.2, 0) is 0 Å². The van der Waals surface area contributed by atoms with E-state index in [9.17, 15) is 0 Å². The third-order valence-electron chi connectivity index (χ3n) is 2.68. The first-order valence-electron chi connectivity index (χ1n) is 5.14. The second-order valence-corrected chi connectivity index (χ2v) is 4.84. The van der Waals surface area contributed by atoms with Crippen molar-refractivity contribution in [3.05, 3.63) is 42.1 Å². The van der Waals surface area contributed by atoms with Gasteiger partial charge in [-0.05, 0) is 17.7 Å². The molecule has 0 bridgehead atoms. The molecule has 1 aliphatic heterocycles. The van der Waals surface area contributed by atoms with Crippen LogP contribution in [-0.4, -0.2) is 17.3 Å². The molecule has 0 radical (unpaired) electrons. The summed E-state index contributed by atoms with van der Waals surface area (Å²) in [4.78, 5) is 4.38. The van der Waals surface area contributed by atoms with E-state index in [1.165, 1.54) is 16.7 Å². The quantitative estimate of drug-likeness (QED) is 0.793. The van der Waals surface area contributed by atoms with Crippen LogP contribution in [0, 0.1) is 0 Å². The van der Waals surface area contributed by atoms with Crippen molar-refractivity contribution in [1.29, 1.82) is 0 Å². The van der Waals surface area contributed by atoms with Crippen LogP contribution in [0.5, 0.6) is 0 Å². The summed E-state index contributed by atoms with van der Waals surface area (Å²) in [7, 11) is 0. The van der Waals surface area contributed by atoms with Gasteiger partial charge in [0.15, 0.2) is 0 Å². The van der Waals surface area contributed by atoms with Crippen LogP contribution < -0.4 is 5.32 Å². The van der Waals surface area contributed by atoms with Gasteiger partial charge in [-0.1, -0.05) is 18.2 Å². The fraction of sp³-hybridized carbons (Fsp3) is 0.250. The Labute approximate surface area is 93.1 Å². The normalized spacial score (nSPS) is 20.9. The van der Waals surface area contributed by atoms with Crippen molar-refractivity contribution < 1.29 is 0 Å². The molecule has 1 N–H and O–H groups in total. The number of nitrogens with zero attached hydrogens (tertiary/aromatic N) is 1. The molecule has 2 heterocycles. The van der Waals surface area contributed by atoms with Crippen molar-refractivity contribution in [1.82, 2.24) is 10.3 Å². The van der Waals surface area contributed by atoms with Gasteiger partial charge in [-0.3, -0.25) is 4.98 Å². The highest BCUT2D eigenvalue weighted by Crippen LogP contribution is 2.33. The first kappa shape index (κ1) is 9.19. The highest BCUT2D eigenvalue weighted by molar-refractivity contribution is 7.99. The van der Waals surface area contributed by atoms with E-state index >= 15 is 0 Å². The van der Waals surface area contributed by atoms with E-state index in [1.807, 2.05) is 24.0 Å². The second-order valence-electron chi connectivity index (χ2n) is 3.62. The minimum Gasteiger partial charge on any atom is -0.301 e. The molecule has 1 aliphatic rings. The molecule has 2 aromatic rings. The van der Waals surface area contributed by atoms with Crippen LogP contribution in [0.2, 0.25) is 0 Å². The van der Waals surface area contributed by atoms with E-state index in [0.717, 1.165) is 12.1 Å². The Morgan fingerprint density at radius 3 is 3.07 bits per heavy atom. The third kappa shape index (κ3) is 1.62. The van der Waals surface area contributed by atoms with Gasteiger partial charge in [0.25, 0.3) is 0 Å². The SMILES string of the molecule is c1ccc2c([C@H]3NCCS3)ccnc2c1. The van der Waals surface area contributed by atoms with Crippen LogP contribution in [0.1, 0.15) is 10.9 Å². The minimum atomic E-state index is 0.442. The zero-order chi connectivity index (χ0) is 10.1. The number of para-hydroxylation sites is 1. The number of hydrogen-bond donors (Lipinski definition) is 1. The Morgan fingerprint density at radius 1 is 1.27 bits per heavy atom. The maximum Gasteiger partial charge on any atom is 0.0797 e. The predicted molar refractivity (Wildman–Crippen MR) is 64.9 cm³/mol. The summed E-state index contributed by atoms with van der Waals surface area (Å²) < 4.78 is 0. The lowest BCUT2D eigenvalue weighted by molar-refractivity contribution is 0.754. The molecule has 0 amide bonds. The van der Waals surface area contributed by atoms with Gasteiger partial charge in [0.2, 0.25) is 0 Å². The Bertz CT molecular complexity index is 473. The molecule has 0 spiro atoms. The molecule has 0 saturated carbocycles. The van der Waals surface area contributed by atoms with E-state index in [0.29, 0.717) is 5.37 Å². The number of rotatable bonds is 1. The van der Waals surface area contributed by atoms with Gasteiger partial charge in [0.1, 0.15) is 0 Å². The molecule has 1 fully saturated rings. The smallest absolute Gasteiger partial charge is 0.0797 e. The predicted octanol–water partition coefficient (Wildman–Crippen LogP) is 2.57. The van der Waals surface area contributed by atoms with Crippen molar-refractivity contribution in [2.24, 2.45) is 0 Å². The number of nitrogens with one attached hydrogen (secondary N) is 1. The highest BCUT2D eigenvalue weighted by Gasteiger charge is 2.18. The fourth-order valence-electron chi connectivity index (χ4n) is 1.97. The van der Waals surface area contributed by atoms with E-state index in [1.54, 1.807) is 0 Å². The lowest BCUT2D eigenvalue weighted by Crippen LogP contribution is -2.12. The largest absolute Gasteiger partial charge is 0.301 e. The molecule has 3 heteroatoms. The van der Waals surface area contributed by atoms with Crippen LogP contribution in [0.15, 0.2) is 36.5 Å². The first-order valence-corrected chi connectivity index (χ1v) is 6.19. The van der Waals surface area contributed by atoms with Gasteiger partial charge in [-0.15, -0.1) is 11.8 Å². The number of pyridine rings is 1. The standard InChI is InChI=1S/C12H12N2S/c1-2-4-11-9(3-1)10(5-6-13-11)12-14-7-8-15-12/h1-6,12,14H,7-8H2/t12-/m0/s1. The second kappa shape index (κ2) is 3.83. The van der Waals surface area contributed by atoms with Gasteiger partial charge in [0, 0.05) is 23.9 Å². The molecule has 1 aromatic heterocycles. The van der Waals surface area contributed by atoms with Gasteiger partial charge in [-0.2, -0.15) is 0 Å². The first-order chi connectivity index (χ1) is 7.45. The summed E-state index contributed by atoms with van der Waals surface area (Å²) in [5.41, 5.74) is 2.45. The zero-order valence-electron chi connectivity index (χ0n) is 8.31. The molecule has 2 nitrogen and oxygen atoms in total. The van der Waals surface area contributed by atoms with Gasteiger partial charge in [0.05, 0.1) is 10.9 Å². The maximum atomic E-state index is 4.38. The zero-order valence-corrected chi connectivity index (χ0v) is 9.13. The topological polar surface area (TPSA) is 24.9 Å². The number of thioether (sulfide) groups is 1. The Morgan fingerprint density at radius 2 is 2.20 bits per heavy atom. The summed E-state index contributed by atoms with van der Waals surface area (Å²) in [6.07, 6.45) is 1.90. The molecule has 1 atom stereocenters. The van der Waals surface area contributed by atoms with Crippen molar-refractivity contribution in [2.75, 3.05) is 12.3 Å². The van der Waals surface area contributed by atoms with Crippen molar-refractivity contribution in [3.8, 4) is 0 Å². The molecular formula is C12H12N2S. The van der Waals surface area contributed by atoms with Gasteiger partial charge < -0.3 is 5.32 Å². The molecule has 15 heavy (non-hydrogen) atoms. The van der Waals surface area contributed by atoms with Crippen molar-refractivity contribution in [2.45, 2.75) is 5.37 Å². The Kier molecular flexibility index (Phi) is 2.35. The number of hydrogen-bond acceptors (Lipinski definition) is 3. The molecule has 0 aliphatic carbocycles. The van der Waals surface area contributed by atoms with Crippen LogP contribution >= 0.6 is 11.8 Å². The Hall–Kier alpha value is -1.06. The minimum absolute atomic E-state index is 0.442. The van der Waals surface area contributed by atoms with E-state index in [4.69, 9.17) is 0 Å². The van der Waals surface area contributed by atoms with Gasteiger partial charge >= 0.3 is 0 Å². The molecule has 1 saturated heterocycles. The van der Waals surface area contributed by atoms with Crippen LogP contribution in [0.3, 0.4) is 0 Å². The summed E-state index contributed by atoms with van der Waals surface area (Å²) in [5, 5.41) is 5.21. The molecule has 76 valence electrons.